The van der Waals surface area contributed by atoms with Crippen LogP contribution in [0.1, 0.15) is 11.7 Å². The lowest BCUT2D eigenvalue weighted by atomic mass is 10.0. The number of rotatable bonds is 6. The van der Waals surface area contributed by atoms with Crippen molar-refractivity contribution in [2.75, 3.05) is 18.1 Å². The number of aliphatic hydroxyl groups is 1. The predicted molar refractivity (Wildman–Crippen MR) is 105 cm³/mol. The van der Waals surface area contributed by atoms with Gasteiger partial charge in [-0.05, 0) is 28.8 Å². The Balaban J connectivity index is 1.71. The van der Waals surface area contributed by atoms with Crippen LogP contribution in [-0.4, -0.2) is 26.3 Å². The van der Waals surface area contributed by atoms with E-state index in [1.807, 2.05) is 54.6 Å². The van der Waals surface area contributed by atoms with Crippen LogP contribution in [0.25, 0.3) is 11.1 Å². The Bertz CT molecular complexity index is 968. The molecule has 5 heteroatoms. The average Bonchev–Trinajstić information content (AvgIpc) is 2.66. The molecule has 0 spiro atoms. The average molecular weight is 367 g/mol. The fourth-order valence-corrected chi connectivity index (χ4v) is 3.65. The summed E-state index contributed by atoms with van der Waals surface area (Å²) >= 11 is 0. The van der Waals surface area contributed by atoms with Gasteiger partial charge in [0.25, 0.3) is 0 Å². The molecule has 0 radical (unpaired) electrons. The van der Waals surface area contributed by atoms with Crippen LogP contribution < -0.4 is 5.32 Å². The van der Waals surface area contributed by atoms with Crippen molar-refractivity contribution in [3.63, 3.8) is 0 Å². The Labute approximate surface area is 154 Å². The second kappa shape index (κ2) is 7.72. The highest BCUT2D eigenvalue weighted by Gasteiger charge is 2.14. The van der Waals surface area contributed by atoms with E-state index in [2.05, 4.69) is 5.32 Å². The van der Waals surface area contributed by atoms with Crippen LogP contribution in [-0.2, 0) is 9.84 Å². The van der Waals surface area contributed by atoms with Crippen LogP contribution in [0.2, 0.25) is 0 Å². The molecule has 0 fully saturated rings. The molecule has 0 aromatic heterocycles. The fourth-order valence-electron chi connectivity index (χ4n) is 2.79. The first-order chi connectivity index (χ1) is 12.4. The van der Waals surface area contributed by atoms with Crippen molar-refractivity contribution in [2.45, 2.75) is 11.0 Å². The summed E-state index contributed by atoms with van der Waals surface area (Å²) in [6.07, 6.45) is 0.430. The summed E-state index contributed by atoms with van der Waals surface area (Å²) in [7, 11) is -3.33. The van der Waals surface area contributed by atoms with Crippen LogP contribution in [0.4, 0.5) is 5.69 Å². The van der Waals surface area contributed by atoms with Gasteiger partial charge >= 0.3 is 0 Å². The van der Waals surface area contributed by atoms with Gasteiger partial charge in [0.15, 0.2) is 9.84 Å². The largest absolute Gasteiger partial charge is 0.387 e. The Kier molecular flexibility index (Phi) is 5.40. The zero-order valence-electron chi connectivity index (χ0n) is 14.5. The van der Waals surface area contributed by atoms with Gasteiger partial charge in [-0.1, -0.05) is 66.7 Å². The zero-order chi connectivity index (χ0) is 18.6. The molecule has 0 amide bonds. The molecule has 0 aliphatic rings. The van der Waals surface area contributed by atoms with Crippen molar-refractivity contribution in [1.82, 2.24) is 0 Å². The predicted octanol–water partition coefficient (Wildman–Crippen LogP) is 3.90. The van der Waals surface area contributed by atoms with Crippen molar-refractivity contribution < 1.29 is 13.5 Å². The topological polar surface area (TPSA) is 66.4 Å². The molecule has 0 saturated carbocycles. The molecule has 0 heterocycles. The van der Waals surface area contributed by atoms with E-state index in [9.17, 15) is 13.5 Å². The normalized spacial score (nSPS) is 12.5. The number of benzene rings is 3. The molecule has 2 N–H and O–H groups in total. The number of nitrogens with one attached hydrogen (secondary N) is 1. The standard InChI is InChI=1S/C21H21NO3S/c1-26(24,25)21-10-6-5-9-19(21)22-15-20(23)18-13-11-17(12-14-18)16-7-3-2-4-8-16/h2-14,20,22-23H,15H2,1H3. The SMILES string of the molecule is CS(=O)(=O)c1ccccc1NCC(O)c1ccc(-c2ccccc2)cc1. The van der Waals surface area contributed by atoms with E-state index in [-0.39, 0.29) is 11.4 Å². The molecule has 3 aromatic carbocycles. The zero-order valence-corrected chi connectivity index (χ0v) is 15.3. The second-order valence-corrected chi connectivity index (χ2v) is 8.14. The van der Waals surface area contributed by atoms with Crippen LogP contribution in [0.15, 0.2) is 83.8 Å². The minimum Gasteiger partial charge on any atom is -0.387 e. The fraction of sp³-hybridized carbons (Fsp3) is 0.143. The Hall–Kier alpha value is -2.63. The van der Waals surface area contributed by atoms with Crippen molar-refractivity contribution in [3.8, 4) is 11.1 Å². The molecular formula is C21H21NO3S. The molecule has 1 atom stereocenters. The van der Waals surface area contributed by atoms with Gasteiger partial charge in [-0.25, -0.2) is 8.42 Å². The molecular weight excluding hydrogens is 346 g/mol. The van der Waals surface area contributed by atoms with Crippen molar-refractivity contribution >= 4 is 15.5 Å². The second-order valence-electron chi connectivity index (χ2n) is 6.15. The van der Waals surface area contributed by atoms with Crippen LogP contribution in [0.5, 0.6) is 0 Å². The Morgan fingerprint density at radius 3 is 2.08 bits per heavy atom. The lowest BCUT2D eigenvalue weighted by Crippen LogP contribution is -2.14. The number of hydrogen-bond acceptors (Lipinski definition) is 4. The lowest BCUT2D eigenvalue weighted by molar-refractivity contribution is 0.191. The summed E-state index contributed by atoms with van der Waals surface area (Å²) in [4.78, 5) is 0.228. The van der Waals surface area contributed by atoms with Crippen molar-refractivity contribution in [3.05, 3.63) is 84.4 Å². The number of para-hydroxylation sites is 1. The molecule has 134 valence electrons. The Morgan fingerprint density at radius 1 is 0.846 bits per heavy atom. The Morgan fingerprint density at radius 2 is 1.42 bits per heavy atom. The monoisotopic (exact) mass is 367 g/mol. The van der Waals surface area contributed by atoms with E-state index in [4.69, 9.17) is 0 Å². The quantitative estimate of drug-likeness (QED) is 0.693. The molecule has 0 bridgehead atoms. The smallest absolute Gasteiger partial charge is 0.177 e. The molecule has 26 heavy (non-hydrogen) atoms. The van der Waals surface area contributed by atoms with Gasteiger partial charge in [0.1, 0.15) is 0 Å². The molecule has 0 aliphatic carbocycles. The number of aliphatic hydroxyl groups excluding tert-OH is 1. The number of hydrogen-bond donors (Lipinski definition) is 2. The van der Waals surface area contributed by atoms with Gasteiger partial charge in [-0.2, -0.15) is 0 Å². The molecule has 0 saturated heterocycles. The summed E-state index contributed by atoms with van der Waals surface area (Å²) < 4.78 is 23.7. The van der Waals surface area contributed by atoms with Crippen molar-refractivity contribution in [2.24, 2.45) is 0 Å². The molecule has 3 aromatic rings. The first-order valence-corrected chi connectivity index (χ1v) is 10.2. The maximum atomic E-state index is 11.8. The van der Waals surface area contributed by atoms with Gasteiger partial charge in [0.05, 0.1) is 16.7 Å². The van der Waals surface area contributed by atoms with E-state index in [0.29, 0.717) is 5.69 Å². The van der Waals surface area contributed by atoms with E-state index >= 15 is 0 Å². The number of sulfone groups is 1. The maximum absolute atomic E-state index is 11.8. The minimum atomic E-state index is -3.33. The highest BCUT2D eigenvalue weighted by atomic mass is 32.2. The third-order valence-corrected chi connectivity index (χ3v) is 5.33. The number of anilines is 1. The summed E-state index contributed by atoms with van der Waals surface area (Å²) in [6.45, 7) is 0.219. The highest BCUT2D eigenvalue weighted by molar-refractivity contribution is 7.90. The summed E-state index contributed by atoms with van der Waals surface area (Å²) in [5.41, 5.74) is 3.47. The summed E-state index contributed by atoms with van der Waals surface area (Å²) in [5, 5.41) is 13.5. The summed E-state index contributed by atoms with van der Waals surface area (Å²) in [5.74, 6) is 0. The third kappa shape index (κ3) is 4.31. The van der Waals surface area contributed by atoms with Crippen LogP contribution >= 0.6 is 0 Å². The third-order valence-electron chi connectivity index (χ3n) is 4.17. The lowest BCUT2D eigenvalue weighted by Gasteiger charge is -2.15. The molecule has 3 rings (SSSR count). The van der Waals surface area contributed by atoms with Crippen LogP contribution in [0, 0.1) is 0 Å². The highest BCUT2D eigenvalue weighted by Crippen LogP contribution is 2.24. The van der Waals surface area contributed by atoms with Gasteiger partial charge in [-0.3, -0.25) is 0 Å². The van der Waals surface area contributed by atoms with Gasteiger partial charge in [0.2, 0.25) is 0 Å². The van der Waals surface area contributed by atoms with Crippen molar-refractivity contribution in [1.29, 1.82) is 0 Å². The first-order valence-electron chi connectivity index (χ1n) is 8.31. The molecule has 0 aliphatic heterocycles. The minimum absolute atomic E-state index is 0.219. The molecule has 4 nitrogen and oxygen atoms in total. The van der Waals surface area contributed by atoms with E-state index in [0.717, 1.165) is 16.7 Å². The van der Waals surface area contributed by atoms with Crippen LogP contribution in [0.3, 0.4) is 0 Å². The first kappa shape index (κ1) is 18.2. The van der Waals surface area contributed by atoms with E-state index in [1.54, 1.807) is 24.3 Å². The van der Waals surface area contributed by atoms with Gasteiger partial charge in [-0.15, -0.1) is 0 Å². The van der Waals surface area contributed by atoms with E-state index in [1.165, 1.54) is 6.26 Å². The van der Waals surface area contributed by atoms with E-state index < -0.39 is 15.9 Å². The molecule has 1 unspecified atom stereocenters. The van der Waals surface area contributed by atoms with Gasteiger partial charge in [0, 0.05) is 12.8 Å². The van der Waals surface area contributed by atoms with Gasteiger partial charge < -0.3 is 10.4 Å². The summed E-state index contributed by atoms with van der Waals surface area (Å²) in [6, 6.07) is 24.4. The maximum Gasteiger partial charge on any atom is 0.177 e.